The molecule has 0 radical (unpaired) electrons. The molecule has 0 spiro atoms. The minimum absolute atomic E-state index is 0.738. The monoisotopic (exact) mass is 222 g/mol. The zero-order valence-corrected chi connectivity index (χ0v) is 9.90. The molecule has 0 atom stereocenters. The Bertz CT molecular complexity index is 623. The van der Waals surface area contributed by atoms with Crippen LogP contribution in [0.25, 0.3) is 10.8 Å². The minimum Gasteiger partial charge on any atom is -0.374 e. The Kier molecular flexibility index (Phi) is 2.26. The van der Waals surface area contributed by atoms with Crippen molar-refractivity contribution in [1.82, 2.24) is 0 Å². The van der Waals surface area contributed by atoms with Crippen LogP contribution in [0, 0.1) is 11.3 Å². The third-order valence-corrected chi connectivity index (χ3v) is 3.57. The fourth-order valence-electron chi connectivity index (χ4n) is 2.69. The molecule has 1 aliphatic rings. The lowest BCUT2D eigenvalue weighted by molar-refractivity contribution is 0.749. The fraction of sp³-hybridized carbons (Fsp3) is 0.267. The first-order chi connectivity index (χ1) is 8.29. The molecule has 0 saturated heterocycles. The van der Waals surface area contributed by atoms with E-state index in [1.807, 2.05) is 12.1 Å². The van der Waals surface area contributed by atoms with Crippen molar-refractivity contribution < 1.29 is 0 Å². The van der Waals surface area contributed by atoms with E-state index in [0.29, 0.717) is 0 Å². The van der Waals surface area contributed by atoms with E-state index >= 15 is 0 Å². The highest BCUT2D eigenvalue weighted by atomic mass is 15.1. The highest BCUT2D eigenvalue weighted by Crippen LogP contribution is 2.32. The molecule has 1 heterocycles. The van der Waals surface area contributed by atoms with E-state index in [1.165, 1.54) is 28.4 Å². The summed E-state index contributed by atoms with van der Waals surface area (Å²) >= 11 is 0. The normalized spacial score (nSPS) is 14.5. The number of nitriles is 1. The number of rotatable bonds is 0. The second-order valence-electron chi connectivity index (χ2n) is 4.64. The first kappa shape index (κ1) is 10.2. The minimum atomic E-state index is 0.738. The first-order valence-corrected chi connectivity index (χ1v) is 5.96. The van der Waals surface area contributed by atoms with Crippen LogP contribution < -0.4 is 4.90 Å². The summed E-state index contributed by atoms with van der Waals surface area (Å²) in [5.74, 6) is 0. The Labute approximate surface area is 101 Å². The zero-order chi connectivity index (χ0) is 11.8. The SMILES string of the molecule is CN1CCCc2c1ccc1cc(C#N)ccc21. The van der Waals surface area contributed by atoms with Gasteiger partial charge in [0.05, 0.1) is 11.6 Å². The molecule has 3 rings (SSSR count). The summed E-state index contributed by atoms with van der Waals surface area (Å²) < 4.78 is 0. The van der Waals surface area contributed by atoms with Crippen molar-refractivity contribution in [2.75, 3.05) is 18.5 Å². The quantitative estimate of drug-likeness (QED) is 0.685. The van der Waals surface area contributed by atoms with Crippen LogP contribution in [-0.2, 0) is 6.42 Å². The number of hydrogen-bond acceptors (Lipinski definition) is 2. The Morgan fingerprint density at radius 2 is 2.12 bits per heavy atom. The van der Waals surface area contributed by atoms with Crippen molar-refractivity contribution in [1.29, 1.82) is 5.26 Å². The summed E-state index contributed by atoms with van der Waals surface area (Å²) in [4.78, 5) is 2.32. The molecule has 84 valence electrons. The Balaban J connectivity index is 2.28. The molecule has 2 nitrogen and oxygen atoms in total. The second-order valence-corrected chi connectivity index (χ2v) is 4.64. The third kappa shape index (κ3) is 1.55. The highest BCUT2D eigenvalue weighted by Gasteiger charge is 2.15. The van der Waals surface area contributed by atoms with Crippen molar-refractivity contribution in [3.63, 3.8) is 0 Å². The molecule has 0 aliphatic carbocycles. The average molecular weight is 222 g/mol. The van der Waals surface area contributed by atoms with Gasteiger partial charge in [-0.25, -0.2) is 0 Å². The summed E-state index contributed by atoms with van der Waals surface area (Å²) in [6, 6.07) is 12.5. The number of benzene rings is 2. The Morgan fingerprint density at radius 3 is 2.94 bits per heavy atom. The summed E-state index contributed by atoms with van der Waals surface area (Å²) in [6.07, 6.45) is 2.35. The molecule has 0 unspecified atom stereocenters. The molecule has 0 N–H and O–H groups in total. The molecule has 1 aliphatic heterocycles. The van der Waals surface area contributed by atoms with E-state index in [-0.39, 0.29) is 0 Å². The molecule has 0 amide bonds. The Hall–Kier alpha value is -2.01. The molecule has 17 heavy (non-hydrogen) atoms. The number of anilines is 1. The van der Waals surface area contributed by atoms with Crippen LogP contribution in [0.2, 0.25) is 0 Å². The maximum Gasteiger partial charge on any atom is 0.0991 e. The maximum absolute atomic E-state index is 8.92. The predicted molar refractivity (Wildman–Crippen MR) is 70.3 cm³/mol. The summed E-state index contributed by atoms with van der Waals surface area (Å²) in [6.45, 7) is 1.13. The van der Waals surface area contributed by atoms with Crippen LogP contribution >= 0.6 is 0 Å². The second kappa shape index (κ2) is 3.78. The van der Waals surface area contributed by atoms with E-state index in [0.717, 1.165) is 18.5 Å². The Morgan fingerprint density at radius 1 is 1.24 bits per heavy atom. The largest absolute Gasteiger partial charge is 0.374 e. The standard InChI is InChI=1S/C15H14N2/c1-17-8-2-3-14-13-6-4-11(10-16)9-12(13)5-7-15(14)17/h4-7,9H,2-3,8H2,1H3. The molecule has 2 aromatic carbocycles. The lowest BCUT2D eigenvalue weighted by atomic mass is 9.94. The molecule has 0 saturated carbocycles. The van der Waals surface area contributed by atoms with Gasteiger partial charge >= 0.3 is 0 Å². The van der Waals surface area contributed by atoms with Crippen LogP contribution in [0.4, 0.5) is 5.69 Å². The molecular formula is C15H14N2. The van der Waals surface area contributed by atoms with Crippen molar-refractivity contribution in [2.24, 2.45) is 0 Å². The van der Waals surface area contributed by atoms with Crippen LogP contribution in [-0.4, -0.2) is 13.6 Å². The smallest absolute Gasteiger partial charge is 0.0991 e. The van der Waals surface area contributed by atoms with Gasteiger partial charge < -0.3 is 4.90 Å². The van der Waals surface area contributed by atoms with Gasteiger partial charge in [-0.2, -0.15) is 5.26 Å². The van der Waals surface area contributed by atoms with E-state index in [1.54, 1.807) is 0 Å². The van der Waals surface area contributed by atoms with Gasteiger partial charge in [-0.15, -0.1) is 0 Å². The van der Waals surface area contributed by atoms with E-state index in [9.17, 15) is 0 Å². The highest BCUT2D eigenvalue weighted by molar-refractivity contribution is 5.91. The van der Waals surface area contributed by atoms with Gasteiger partial charge in [-0.1, -0.05) is 12.1 Å². The molecule has 2 heteroatoms. The fourth-order valence-corrected chi connectivity index (χ4v) is 2.69. The third-order valence-electron chi connectivity index (χ3n) is 3.57. The van der Waals surface area contributed by atoms with Gasteiger partial charge in [0.25, 0.3) is 0 Å². The van der Waals surface area contributed by atoms with Crippen molar-refractivity contribution in [3.8, 4) is 6.07 Å². The molecular weight excluding hydrogens is 208 g/mol. The van der Waals surface area contributed by atoms with E-state index in [4.69, 9.17) is 5.26 Å². The molecule has 0 bridgehead atoms. The van der Waals surface area contributed by atoms with Crippen molar-refractivity contribution in [3.05, 3.63) is 41.5 Å². The van der Waals surface area contributed by atoms with Crippen LogP contribution in [0.5, 0.6) is 0 Å². The van der Waals surface area contributed by atoms with Crippen LogP contribution in [0.1, 0.15) is 17.5 Å². The zero-order valence-electron chi connectivity index (χ0n) is 9.90. The first-order valence-electron chi connectivity index (χ1n) is 5.96. The van der Waals surface area contributed by atoms with Gasteiger partial charge in [-0.05, 0) is 47.4 Å². The van der Waals surface area contributed by atoms with E-state index in [2.05, 4.69) is 36.2 Å². The van der Waals surface area contributed by atoms with Gasteiger partial charge in [0.2, 0.25) is 0 Å². The maximum atomic E-state index is 8.92. The molecule has 0 fully saturated rings. The lowest BCUT2D eigenvalue weighted by Crippen LogP contribution is -2.24. The summed E-state index contributed by atoms with van der Waals surface area (Å²) in [5, 5.41) is 11.4. The number of nitrogens with zero attached hydrogens (tertiary/aromatic N) is 2. The van der Waals surface area contributed by atoms with Gasteiger partial charge in [-0.3, -0.25) is 0 Å². The van der Waals surface area contributed by atoms with Crippen molar-refractivity contribution in [2.45, 2.75) is 12.8 Å². The number of fused-ring (bicyclic) bond motifs is 3. The molecule has 0 aromatic heterocycles. The van der Waals surface area contributed by atoms with Crippen LogP contribution in [0.15, 0.2) is 30.3 Å². The number of aryl methyl sites for hydroxylation is 1. The van der Waals surface area contributed by atoms with Gasteiger partial charge in [0.1, 0.15) is 0 Å². The summed E-state index contributed by atoms with van der Waals surface area (Å²) in [7, 11) is 2.15. The van der Waals surface area contributed by atoms with Crippen LogP contribution in [0.3, 0.4) is 0 Å². The van der Waals surface area contributed by atoms with E-state index < -0.39 is 0 Å². The lowest BCUT2D eigenvalue weighted by Gasteiger charge is -2.28. The topological polar surface area (TPSA) is 27.0 Å². The van der Waals surface area contributed by atoms with Gasteiger partial charge in [0.15, 0.2) is 0 Å². The van der Waals surface area contributed by atoms with Crippen molar-refractivity contribution >= 4 is 16.5 Å². The molecule has 2 aromatic rings. The van der Waals surface area contributed by atoms with Gasteiger partial charge in [0, 0.05) is 19.3 Å². The average Bonchev–Trinajstić information content (AvgIpc) is 2.38. The predicted octanol–water partition coefficient (Wildman–Crippen LogP) is 3.09. The number of hydrogen-bond donors (Lipinski definition) is 0. The summed E-state index contributed by atoms with van der Waals surface area (Å²) in [5.41, 5.74) is 3.51.